The Bertz CT molecular complexity index is 426. The molecule has 4 heteroatoms. The predicted molar refractivity (Wildman–Crippen MR) is 75.3 cm³/mol. The predicted octanol–water partition coefficient (Wildman–Crippen LogP) is 3.02. The SMILES string of the molecule is Fc1cc(NC[C@@H]2CO2)ccc1N1CCCCCC1. The number of hydrogen-bond acceptors (Lipinski definition) is 3. The first-order chi connectivity index (χ1) is 9.33. The molecule has 1 N–H and O–H groups in total. The number of rotatable bonds is 4. The fourth-order valence-electron chi connectivity index (χ4n) is 2.60. The van der Waals surface area contributed by atoms with Crippen LogP contribution in [0.4, 0.5) is 15.8 Å². The Kier molecular flexibility index (Phi) is 3.87. The summed E-state index contributed by atoms with van der Waals surface area (Å²) in [6.07, 6.45) is 5.17. The van der Waals surface area contributed by atoms with Gasteiger partial charge in [-0.3, -0.25) is 0 Å². The molecule has 2 fully saturated rings. The van der Waals surface area contributed by atoms with Crippen molar-refractivity contribution in [2.75, 3.05) is 36.5 Å². The number of epoxide rings is 1. The second-order valence-electron chi connectivity index (χ2n) is 5.40. The van der Waals surface area contributed by atoms with Crippen molar-refractivity contribution in [1.82, 2.24) is 0 Å². The molecule has 0 bridgehead atoms. The van der Waals surface area contributed by atoms with E-state index in [-0.39, 0.29) is 5.82 Å². The topological polar surface area (TPSA) is 27.8 Å². The normalized spacial score (nSPS) is 23.0. The summed E-state index contributed by atoms with van der Waals surface area (Å²) in [6, 6.07) is 5.46. The molecule has 0 saturated carbocycles. The minimum Gasteiger partial charge on any atom is -0.382 e. The van der Waals surface area contributed by atoms with Crippen molar-refractivity contribution in [3.8, 4) is 0 Å². The van der Waals surface area contributed by atoms with Crippen molar-refractivity contribution in [2.45, 2.75) is 31.8 Å². The van der Waals surface area contributed by atoms with Crippen LogP contribution in [0, 0.1) is 5.82 Å². The van der Waals surface area contributed by atoms with E-state index in [4.69, 9.17) is 4.74 Å². The Morgan fingerprint density at radius 2 is 1.95 bits per heavy atom. The summed E-state index contributed by atoms with van der Waals surface area (Å²) in [7, 11) is 0. The quantitative estimate of drug-likeness (QED) is 0.847. The molecule has 2 heterocycles. The maximum atomic E-state index is 14.2. The van der Waals surface area contributed by atoms with Gasteiger partial charge < -0.3 is 15.0 Å². The van der Waals surface area contributed by atoms with Gasteiger partial charge in [0, 0.05) is 25.3 Å². The van der Waals surface area contributed by atoms with Gasteiger partial charge in [-0.15, -0.1) is 0 Å². The summed E-state index contributed by atoms with van der Waals surface area (Å²) in [5.41, 5.74) is 1.58. The van der Waals surface area contributed by atoms with Gasteiger partial charge >= 0.3 is 0 Å². The van der Waals surface area contributed by atoms with Crippen molar-refractivity contribution in [2.24, 2.45) is 0 Å². The summed E-state index contributed by atoms with van der Waals surface area (Å²) in [4.78, 5) is 2.18. The van der Waals surface area contributed by atoms with Crippen molar-refractivity contribution in [3.05, 3.63) is 24.0 Å². The molecule has 3 nitrogen and oxygen atoms in total. The highest BCUT2D eigenvalue weighted by Gasteiger charge is 2.22. The van der Waals surface area contributed by atoms with Gasteiger partial charge in [0.05, 0.1) is 18.4 Å². The van der Waals surface area contributed by atoms with E-state index in [0.29, 0.717) is 6.10 Å². The van der Waals surface area contributed by atoms with E-state index in [2.05, 4.69) is 10.2 Å². The van der Waals surface area contributed by atoms with E-state index < -0.39 is 0 Å². The zero-order chi connectivity index (χ0) is 13.1. The molecular formula is C15H21FN2O. The number of hydrogen-bond donors (Lipinski definition) is 1. The minimum absolute atomic E-state index is 0.122. The molecule has 1 atom stereocenters. The molecule has 19 heavy (non-hydrogen) atoms. The van der Waals surface area contributed by atoms with Gasteiger partial charge in [-0.2, -0.15) is 0 Å². The van der Waals surface area contributed by atoms with Gasteiger partial charge in [-0.25, -0.2) is 4.39 Å². The van der Waals surface area contributed by atoms with Crippen molar-refractivity contribution in [1.29, 1.82) is 0 Å². The lowest BCUT2D eigenvalue weighted by molar-refractivity contribution is 0.416. The van der Waals surface area contributed by atoms with Crippen LogP contribution in [0.5, 0.6) is 0 Å². The Morgan fingerprint density at radius 1 is 1.21 bits per heavy atom. The standard InChI is InChI=1S/C15H21FN2O/c16-14-9-12(17-10-13-11-19-13)5-6-15(14)18-7-3-1-2-4-8-18/h5-6,9,13,17H,1-4,7-8,10-11H2/t13-/m1/s1. The first-order valence-corrected chi connectivity index (χ1v) is 7.23. The third kappa shape index (κ3) is 3.38. The lowest BCUT2D eigenvalue weighted by Crippen LogP contribution is -2.24. The number of ether oxygens (including phenoxy) is 1. The number of nitrogens with zero attached hydrogens (tertiary/aromatic N) is 1. The Balaban J connectivity index is 1.66. The highest BCUT2D eigenvalue weighted by molar-refractivity contribution is 5.56. The van der Waals surface area contributed by atoms with Crippen LogP contribution < -0.4 is 10.2 Å². The Morgan fingerprint density at radius 3 is 2.58 bits per heavy atom. The number of nitrogens with one attached hydrogen (secondary N) is 1. The molecule has 2 saturated heterocycles. The second-order valence-corrected chi connectivity index (χ2v) is 5.40. The molecule has 1 aromatic carbocycles. The third-order valence-corrected chi connectivity index (χ3v) is 3.83. The summed E-state index contributed by atoms with van der Waals surface area (Å²) < 4.78 is 19.3. The lowest BCUT2D eigenvalue weighted by atomic mass is 10.2. The molecule has 0 aromatic heterocycles. The molecule has 3 rings (SSSR count). The van der Waals surface area contributed by atoms with E-state index >= 15 is 0 Å². The largest absolute Gasteiger partial charge is 0.382 e. The lowest BCUT2D eigenvalue weighted by Gasteiger charge is -2.23. The molecule has 2 aliphatic heterocycles. The molecule has 2 aliphatic rings. The van der Waals surface area contributed by atoms with Crippen LogP contribution in [0.25, 0.3) is 0 Å². The Hall–Kier alpha value is -1.29. The van der Waals surface area contributed by atoms with Gasteiger partial charge in [-0.1, -0.05) is 12.8 Å². The van der Waals surface area contributed by atoms with Crippen LogP contribution in [-0.2, 0) is 4.74 Å². The minimum atomic E-state index is -0.122. The third-order valence-electron chi connectivity index (χ3n) is 3.83. The average Bonchev–Trinajstić information content (AvgIpc) is 3.24. The fourth-order valence-corrected chi connectivity index (χ4v) is 2.60. The highest BCUT2D eigenvalue weighted by Crippen LogP contribution is 2.25. The first kappa shape index (κ1) is 12.7. The molecule has 104 valence electrons. The van der Waals surface area contributed by atoms with E-state index in [1.807, 2.05) is 12.1 Å². The van der Waals surface area contributed by atoms with Crippen LogP contribution in [-0.4, -0.2) is 32.3 Å². The fraction of sp³-hybridized carbons (Fsp3) is 0.600. The van der Waals surface area contributed by atoms with Gasteiger partial charge in [0.2, 0.25) is 0 Å². The Labute approximate surface area is 113 Å². The van der Waals surface area contributed by atoms with E-state index in [9.17, 15) is 4.39 Å². The van der Waals surface area contributed by atoms with E-state index in [1.54, 1.807) is 6.07 Å². The number of halogens is 1. The maximum absolute atomic E-state index is 14.2. The molecular weight excluding hydrogens is 243 g/mol. The first-order valence-electron chi connectivity index (χ1n) is 7.23. The summed E-state index contributed by atoms with van der Waals surface area (Å²) in [5.74, 6) is -0.122. The van der Waals surface area contributed by atoms with Gasteiger partial charge in [0.25, 0.3) is 0 Å². The van der Waals surface area contributed by atoms with Gasteiger partial charge in [0.15, 0.2) is 0 Å². The summed E-state index contributed by atoms with van der Waals surface area (Å²) in [5, 5.41) is 3.21. The number of anilines is 2. The maximum Gasteiger partial charge on any atom is 0.148 e. The van der Waals surface area contributed by atoms with Gasteiger partial charge in [0.1, 0.15) is 5.82 Å². The van der Waals surface area contributed by atoms with Crippen molar-refractivity contribution >= 4 is 11.4 Å². The zero-order valence-electron chi connectivity index (χ0n) is 11.2. The van der Waals surface area contributed by atoms with Crippen molar-refractivity contribution < 1.29 is 9.13 Å². The summed E-state index contributed by atoms with van der Waals surface area (Å²) in [6.45, 7) is 3.53. The van der Waals surface area contributed by atoms with Crippen LogP contribution in [0.15, 0.2) is 18.2 Å². The molecule has 0 unspecified atom stereocenters. The molecule has 0 amide bonds. The van der Waals surface area contributed by atoms with Crippen LogP contribution in [0.2, 0.25) is 0 Å². The zero-order valence-corrected chi connectivity index (χ0v) is 11.2. The van der Waals surface area contributed by atoms with Crippen molar-refractivity contribution in [3.63, 3.8) is 0 Å². The smallest absolute Gasteiger partial charge is 0.148 e. The van der Waals surface area contributed by atoms with Gasteiger partial charge in [-0.05, 0) is 31.0 Å². The highest BCUT2D eigenvalue weighted by atomic mass is 19.1. The average molecular weight is 264 g/mol. The number of benzene rings is 1. The second kappa shape index (κ2) is 5.78. The molecule has 0 aliphatic carbocycles. The van der Waals surface area contributed by atoms with E-state index in [1.165, 1.54) is 25.7 Å². The monoisotopic (exact) mass is 264 g/mol. The molecule has 1 aromatic rings. The van der Waals surface area contributed by atoms with Crippen LogP contribution in [0.1, 0.15) is 25.7 Å². The molecule has 0 radical (unpaired) electrons. The summed E-state index contributed by atoms with van der Waals surface area (Å²) >= 11 is 0. The van der Waals surface area contributed by atoms with Crippen LogP contribution in [0.3, 0.4) is 0 Å². The molecule has 0 spiro atoms. The van der Waals surface area contributed by atoms with E-state index in [0.717, 1.165) is 37.6 Å². The van der Waals surface area contributed by atoms with Crippen LogP contribution >= 0.6 is 0 Å².